The van der Waals surface area contributed by atoms with Crippen LogP contribution in [0.5, 0.6) is 0 Å². The van der Waals surface area contributed by atoms with E-state index in [2.05, 4.69) is 10.0 Å². The Kier molecular flexibility index (Phi) is 7.00. The van der Waals surface area contributed by atoms with Gasteiger partial charge in [-0.15, -0.1) is 0 Å². The highest BCUT2D eigenvalue weighted by atomic mass is 32.2. The van der Waals surface area contributed by atoms with Crippen LogP contribution in [-0.4, -0.2) is 18.7 Å². The molecule has 142 valence electrons. The average Bonchev–Trinajstić information content (AvgIpc) is 2.74. The molecule has 0 aliphatic heterocycles. The highest BCUT2D eigenvalue weighted by Crippen LogP contribution is 2.18. The molecule has 3 rings (SSSR count). The van der Waals surface area contributed by atoms with E-state index in [0.717, 1.165) is 16.1 Å². The summed E-state index contributed by atoms with van der Waals surface area (Å²) < 4.78 is 3.01. The topological polar surface area (TPSA) is 58.2 Å². The maximum Gasteiger partial charge on any atom is 0.224 e. The summed E-state index contributed by atoms with van der Waals surface area (Å²) in [6.45, 7) is 0. The molecular formula is C23H22N2O2S. The summed E-state index contributed by atoms with van der Waals surface area (Å²) in [6.07, 6.45) is 1.01. The van der Waals surface area contributed by atoms with Crippen molar-refractivity contribution in [1.82, 2.24) is 4.72 Å². The molecule has 0 radical (unpaired) electrons. The smallest absolute Gasteiger partial charge is 0.224 e. The number of aryl methyl sites for hydroxylation is 1. The fourth-order valence-electron chi connectivity index (χ4n) is 2.78. The molecule has 0 saturated heterocycles. The quantitative estimate of drug-likeness (QED) is 0.432. The van der Waals surface area contributed by atoms with E-state index in [0.29, 0.717) is 24.0 Å². The summed E-state index contributed by atoms with van der Waals surface area (Å²) in [5.74, 6) is -0.0248. The Bertz CT molecular complexity index is 923. The molecule has 0 atom stereocenters. The lowest BCUT2D eigenvalue weighted by atomic mass is 10.0. The van der Waals surface area contributed by atoms with Gasteiger partial charge in [-0.1, -0.05) is 54.6 Å². The molecule has 0 aliphatic rings. The molecule has 3 aromatic carbocycles. The Morgan fingerprint density at radius 2 is 1.46 bits per heavy atom. The molecule has 0 spiro atoms. The summed E-state index contributed by atoms with van der Waals surface area (Å²) >= 11 is 1.53. The Morgan fingerprint density at radius 1 is 0.821 bits per heavy atom. The molecular weight excluding hydrogens is 368 g/mol. The SMILES string of the molecule is CNSc1ccc(NC(=O)CCc2ccc(C(=O)c3ccccc3)cc2)cc1. The first-order valence-corrected chi connectivity index (χ1v) is 9.89. The number of nitrogens with one attached hydrogen (secondary N) is 2. The van der Waals surface area contributed by atoms with Crippen molar-refractivity contribution < 1.29 is 9.59 Å². The Labute approximate surface area is 169 Å². The van der Waals surface area contributed by atoms with E-state index in [1.807, 2.05) is 85.9 Å². The van der Waals surface area contributed by atoms with Gasteiger partial charge in [-0.25, -0.2) is 0 Å². The summed E-state index contributed by atoms with van der Waals surface area (Å²) in [6, 6.07) is 24.4. The van der Waals surface area contributed by atoms with Gasteiger partial charge < -0.3 is 5.32 Å². The van der Waals surface area contributed by atoms with Gasteiger partial charge in [0.25, 0.3) is 0 Å². The number of ketones is 1. The van der Waals surface area contributed by atoms with Gasteiger partial charge in [-0.2, -0.15) is 0 Å². The third-order valence-electron chi connectivity index (χ3n) is 4.25. The third-order valence-corrected chi connectivity index (χ3v) is 4.96. The second-order valence-electron chi connectivity index (χ2n) is 6.27. The molecule has 1 amide bonds. The number of carbonyl (C=O) groups is 2. The Morgan fingerprint density at radius 3 is 2.11 bits per heavy atom. The summed E-state index contributed by atoms with van der Waals surface area (Å²) in [5, 5.41) is 2.91. The summed E-state index contributed by atoms with van der Waals surface area (Å²) in [7, 11) is 1.87. The second-order valence-corrected chi connectivity index (χ2v) is 7.35. The molecule has 0 aliphatic carbocycles. The van der Waals surface area contributed by atoms with E-state index in [9.17, 15) is 9.59 Å². The summed E-state index contributed by atoms with van der Waals surface area (Å²) in [5.41, 5.74) is 3.14. The molecule has 2 N–H and O–H groups in total. The molecule has 3 aromatic rings. The molecule has 0 saturated carbocycles. The van der Waals surface area contributed by atoms with Crippen LogP contribution >= 0.6 is 11.9 Å². The minimum atomic E-state index is -0.0292. The second kappa shape index (κ2) is 9.88. The highest BCUT2D eigenvalue weighted by molar-refractivity contribution is 7.97. The standard InChI is InChI=1S/C23H22N2O2S/c1-24-28-21-14-12-20(13-15-21)25-22(26)16-9-17-7-10-19(11-8-17)23(27)18-5-3-2-4-6-18/h2-8,10-15,24H,9,16H2,1H3,(H,25,26). The predicted molar refractivity (Wildman–Crippen MR) is 115 cm³/mol. The Balaban J connectivity index is 1.51. The lowest BCUT2D eigenvalue weighted by Crippen LogP contribution is -2.12. The van der Waals surface area contributed by atoms with Gasteiger partial charge in [-0.3, -0.25) is 14.3 Å². The number of anilines is 1. The van der Waals surface area contributed by atoms with Crippen molar-refractivity contribution in [3.05, 3.63) is 95.6 Å². The van der Waals surface area contributed by atoms with Gasteiger partial charge in [0.2, 0.25) is 5.91 Å². The zero-order valence-electron chi connectivity index (χ0n) is 15.6. The molecule has 0 aromatic heterocycles. The largest absolute Gasteiger partial charge is 0.326 e. The predicted octanol–water partition coefficient (Wildman–Crippen LogP) is 4.72. The molecule has 0 bridgehead atoms. The van der Waals surface area contributed by atoms with Crippen molar-refractivity contribution in [1.29, 1.82) is 0 Å². The Hall–Kier alpha value is -2.89. The fourth-order valence-corrected chi connectivity index (χ4v) is 3.29. The number of amides is 1. The lowest BCUT2D eigenvalue weighted by molar-refractivity contribution is -0.116. The van der Waals surface area contributed by atoms with Gasteiger partial charge >= 0.3 is 0 Å². The molecule has 28 heavy (non-hydrogen) atoms. The van der Waals surface area contributed by atoms with Crippen LogP contribution in [0.2, 0.25) is 0 Å². The minimum absolute atomic E-state index is 0.00442. The third kappa shape index (κ3) is 5.55. The first kappa shape index (κ1) is 19.9. The van der Waals surface area contributed by atoms with Crippen LogP contribution < -0.4 is 10.0 Å². The van der Waals surface area contributed by atoms with Crippen molar-refractivity contribution >= 4 is 29.3 Å². The van der Waals surface area contributed by atoms with Crippen LogP contribution in [0, 0.1) is 0 Å². The van der Waals surface area contributed by atoms with Gasteiger partial charge in [0.15, 0.2) is 5.78 Å². The molecule has 0 heterocycles. The van der Waals surface area contributed by atoms with E-state index in [1.165, 1.54) is 11.9 Å². The van der Waals surface area contributed by atoms with Crippen LogP contribution in [0.1, 0.15) is 27.9 Å². The van der Waals surface area contributed by atoms with Crippen molar-refractivity contribution in [3.63, 3.8) is 0 Å². The fraction of sp³-hybridized carbons (Fsp3) is 0.130. The molecule has 5 heteroatoms. The summed E-state index contributed by atoms with van der Waals surface area (Å²) in [4.78, 5) is 25.7. The van der Waals surface area contributed by atoms with E-state index in [1.54, 1.807) is 0 Å². The number of hydrogen-bond donors (Lipinski definition) is 2. The van der Waals surface area contributed by atoms with Crippen LogP contribution in [0.15, 0.2) is 83.8 Å². The van der Waals surface area contributed by atoms with Crippen molar-refractivity contribution in [2.75, 3.05) is 12.4 Å². The van der Waals surface area contributed by atoms with E-state index in [-0.39, 0.29) is 11.7 Å². The van der Waals surface area contributed by atoms with Gasteiger partial charge in [-0.05, 0) is 55.2 Å². The maximum absolute atomic E-state index is 12.4. The number of rotatable bonds is 8. The maximum atomic E-state index is 12.4. The minimum Gasteiger partial charge on any atom is -0.326 e. The average molecular weight is 391 g/mol. The normalized spacial score (nSPS) is 10.5. The van der Waals surface area contributed by atoms with Gasteiger partial charge in [0.05, 0.1) is 0 Å². The van der Waals surface area contributed by atoms with Crippen LogP contribution in [-0.2, 0) is 11.2 Å². The molecule has 4 nitrogen and oxygen atoms in total. The lowest BCUT2D eigenvalue weighted by Gasteiger charge is -2.07. The van der Waals surface area contributed by atoms with E-state index in [4.69, 9.17) is 0 Å². The first-order chi connectivity index (χ1) is 13.7. The zero-order chi connectivity index (χ0) is 19.8. The van der Waals surface area contributed by atoms with Crippen molar-refractivity contribution in [2.45, 2.75) is 17.7 Å². The number of hydrogen-bond acceptors (Lipinski definition) is 4. The molecule has 0 fully saturated rings. The van der Waals surface area contributed by atoms with Crippen LogP contribution in [0.4, 0.5) is 5.69 Å². The van der Waals surface area contributed by atoms with Crippen molar-refractivity contribution in [2.24, 2.45) is 0 Å². The zero-order valence-corrected chi connectivity index (χ0v) is 16.5. The van der Waals surface area contributed by atoms with Crippen molar-refractivity contribution in [3.8, 4) is 0 Å². The van der Waals surface area contributed by atoms with Gasteiger partial charge in [0.1, 0.15) is 0 Å². The van der Waals surface area contributed by atoms with Gasteiger partial charge in [0, 0.05) is 28.1 Å². The first-order valence-electron chi connectivity index (χ1n) is 9.08. The monoisotopic (exact) mass is 390 g/mol. The van der Waals surface area contributed by atoms with Crippen LogP contribution in [0.25, 0.3) is 0 Å². The van der Waals surface area contributed by atoms with E-state index >= 15 is 0 Å². The molecule has 0 unspecified atom stereocenters. The highest BCUT2D eigenvalue weighted by Gasteiger charge is 2.09. The van der Waals surface area contributed by atoms with Crippen LogP contribution in [0.3, 0.4) is 0 Å². The number of benzene rings is 3. The van der Waals surface area contributed by atoms with E-state index < -0.39 is 0 Å². The number of carbonyl (C=O) groups excluding carboxylic acids is 2.